The number of hydrogen-bond acceptors (Lipinski definition) is 4. The van der Waals surface area contributed by atoms with Crippen molar-refractivity contribution < 1.29 is 14.3 Å². The summed E-state index contributed by atoms with van der Waals surface area (Å²) in [5.41, 5.74) is 0.977. The molecule has 98 valence electrons. The van der Waals surface area contributed by atoms with Gasteiger partial charge in [0.2, 0.25) is 0 Å². The third-order valence-corrected chi connectivity index (χ3v) is 3.43. The van der Waals surface area contributed by atoms with Gasteiger partial charge in [-0.25, -0.2) is 0 Å². The highest BCUT2D eigenvalue weighted by atomic mass is 35.5. The van der Waals surface area contributed by atoms with E-state index in [1.807, 2.05) is 25.1 Å². The lowest BCUT2D eigenvalue weighted by atomic mass is 10.2. The summed E-state index contributed by atoms with van der Waals surface area (Å²) in [4.78, 5) is 11.4. The molecule has 0 radical (unpaired) electrons. The average molecular weight is 270 g/mol. The van der Waals surface area contributed by atoms with E-state index in [9.17, 15) is 4.79 Å². The molecule has 1 aliphatic heterocycles. The predicted molar refractivity (Wildman–Crippen MR) is 69.0 cm³/mol. The SMILES string of the molecule is COC(=O)C1CC(Oc2ccc(Cl)c(C)c2)CN1. The second kappa shape index (κ2) is 5.59. The molecule has 2 unspecified atom stereocenters. The maximum Gasteiger partial charge on any atom is 0.323 e. The molecule has 5 heteroatoms. The van der Waals surface area contributed by atoms with Gasteiger partial charge in [-0.05, 0) is 30.7 Å². The number of halogens is 1. The van der Waals surface area contributed by atoms with Gasteiger partial charge in [0.1, 0.15) is 17.9 Å². The highest BCUT2D eigenvalue weighted by Crippen LogP contribution is 2.23. The minimum absolute atomic E-state index is 0.0188. The van der Waals surface area contributed by atoms with Crippen LogP contribution in [0.15, 0.2) is 18.2 Å². The van der Waals surface area contributed by atoms with Crippen LogP contribution in [0.25, 0.3) is 0 Å². The third kappa shape index (κ3) is 2.94. The third-order valence-electron chi connectivity index (χ3n) is 3.01. The van der Waals surface area contributed by atoms with Gasteiger partial charge >= 0.3 is 5.97 Å². The van der Waals surface area contributed by atoms with Crippen molar-refractivity contribution in [1.29, 1.82) is 0 Å². The lowest BCUT2D eigenvalue weighted by Gasteiger charge is -2.13. The molecule has 2 rings (SSSR count). The standard InChI is InChI=1S/C13H16ClNO3/c1-8-5-9(3-4-11(8)14)18-10-6-12(15-7-10)13(16)17-2/h3-5,10,12,15H,6-7H2,1-2H3. The zero-order valence-corrected chi connectivity index (χ0v) is 11.2. The monoisotopic (exact) mass is 269 g/mol. The summed E-state index contributed by atoms with van der Waals surface area (Å²) in [5.74, 6) is 0.530. The summed E-state index contributed by atoms with van der Waals surface area (Å²) in [6.07, 6.45) is 0.601. The molecule has 1 heterocycles. The van der Waals surface area contributed by atoms with Gasteiger partial charge in [0.05, 0.1) is 7.11 Å². The Balaban J connectivity index is 1.95. The molecule has 4 nitrogen and oxygen atoms in total. The normalized spacial score (nSPS) is 22.8. The Morgan fingerprint density at radius 1 is 1.50 bits per heavy atom. The molecule has 1 aliphatic rings. The van der Waals surface area contributed by atoms with Crippen molar-refractivity contribution in [3.8, 4) is 5.75 Å². The fourth-order valence-electron chi connectivity index (χ4n) is 2.00. The molecule has 1 N–H and O–H groups in total. The first-order valence-corrected chi connectivity index (χ1v) is 6.22. The van der Waals surface area contributed by atoms with Crippen LogP contribution in [0.2, 0.25) is 5.02 Å². The highest BCUT2D eigenvalue weighted by molar-refractivity contribution is 6.31. The first-order valence-electron chi connectivity index (χ1n) is 5.84. The number of carbonyl (C=O) groups is 1. The fraction of sp³-hybridized carbons (Fsp3) is 0.462. The van der Waals surface area contributed by atoms with E-state index in [1.54, 1.807) is 0 Å². The molecule has 0 bridgehead atoms. The number of ether oxygens (including phenoxy) is 2. The maximum absolute atomic E-state index is 11.4. The Hall–Kier alpha value is -1.26. The minimum Gasteiger partial charge on any atom is -0.489 e. The second-order valence-corrected chi connectivity index (χ2v) is 4.78. The predicted octanol–water partition coefficient (Wildman–Crippen LogP) is 1.93. The first-order chi connectivity index (χ1) is 8.60. The zero-order chi connectivity index (χ0) is 13.1. The quantitative estimate of drug-likeness (QED) is 0.852. The average Bonchev–Trinajstić information content (AvgIpc) is 2.81. The van der Waals surface area contributed by atoms with Crippen molar-refractivity contribution in [2.24, 2.45) is 0 Å². The van der Waals surface area contributed by atoms with E-state index < -0.39 is 0 Å². The number of carbonyl (C=O) groups excluding carboxylic acids is 1. The van der Waals surface area contributed by atoms with Gasteiger partial charge in [0.15, 0.2) is 0 Å². The van der Waals surface area contributed by atoms with Gasteiger partial charge in [0, 0.05) is 18.0 Å². The molecule has 0 amide bonds. The van der Waals surface area contributed by atoms with Crippen molar-refractivity contribution in [1.82, 2.24) is 5.32 Å². The number of benzene rings is 1. The summed E-state index contributed by atoms with van der Waals surface area (Å²) in [5, 5.41) is 3.80. The number of rotatable bonds is 3. The molecule has 0 saturated carbocycles. The number of nitrogens with one attached hydrogen (secondary N) is 1. The number of esters is 1. The van der Waals surface area contributed by atoms with Crippen LogP contribution in [0.3, 0.4) is 0 Å². The van der Waals surface area contributed by atoms with Crippen molar-refractivity contribution in [3.05, 3.63) is 28.8 Å². The summed E-state index contributed by atoms with van der Waals surface area (Å²) >= 11 is 5.95. The molecule has 1 saturated heterocycles. The van der Waals surface area contributed by atoms with Gasteiger partial charge in [-0.3, -0.25) is 4.79 Å². The Kier molecular flexibility index (Phi) is 4.09. The largest absolute Gasteiger partial charge is 0.489 e. The first kappa shape index (κ1) is 13.2. The molecular formula is C13H16ClNO3. The van der Waals surface area contributed by atoms with E-state index >= 15 is 0 Å². The molecule has 18 heavy (non-hydrogen) atoms. The Labute approximate surface area is 111 Å². The van der Waals surface area contributed by atoms with Crippen LogP contribution in [0.4, 0.5) is 0 Å². The molecule has 1 aromatic rings. The van der Waals surface area contributed by atoms with Crippen LogP contribution in [-0.2, 0) is 9.53 Å². The lowest BCUT2D eigenvalue weighted by Crippen LogP contribution is -2.31. The summed E-state index contributed by atoms with van der Waals surface area (Å²) in [7, 11) is 1.39. The van der Waals surface area contributed by atoms with Crippen LogP contribution in [-0.4, -0.2) is 31.8 Å². The van der Waals surface area contributed by atoms with E-state index in [0.717, 1.165) is 16.3 Å². The van der Waals surface area contributed by atoms with Crippen LogP contribution in [0, 0.1) is 6.92 Å². The van der Waals surface area contributed by atoms with Gasteiger partial charge in [-0.2, -0.15) is 0 Å². The topological polar surface area (TPSA) is 47.6 Å². The lowest BCUT2D eigenvalue weighted by molar-refractivity contribution is -0.142. The van der Waals surface area contributed by atoms with Gasteiger partial charge < -0.3 is 14.8 Å². The molecule has 2 atom stereocenters. The summed E-state index contributed by atoms with van der Waals surface area (Å²) in [6, 6.07) is 5.27. The Morgan fingerprint density at radius 3 is 2.94 bits per heavy atom. The second-order valence-electron chi connectivity index (χ2n) is 4.37. The smallest absolute Gasteiger partial charge is 0.323 e. The van der Waals surface area contributed by atoms with Crippen LogP contribution < -0.4 is 10.1 Å². The summed E-state index contributed by atoms with van der Waals surface area (Å²) in [6.45, 7) is 2.57. The number of aryl methyl sites for hydroxylation is 1. The highest BCUT2D eigenvalue weighted by Gasteiger charge is 2.31. The van der Waals surface area contributed by atoms with E-state index in [1.165, 1.54) is 7.11 Å². The maximum atomic E-state index is 11.4. The van der Waals surface area contributed by atoms with Crippen molar-refractivity contribution >= 4 is 17.6 Å². The molecule has 0 aliphatic carbocycles. The van der Waals surface area contributed by atoms with Crippen molar-refractivity contribution in [2.75, 3.05) is 13.7 Å². The van der Waals surface area contributed by atoms with Gasteiger partial charge in [-0.15, -0.1) is 0 Å². The van der Waals surface area contributed by atoms with Crippen LogP contribution in [0.5, 0.6) is 5.75 Å². The number of hydrogen-bond donors (Lipinski definition) is 1. The molecular weight excluding hydrogens is 254 g/mol. The Morgan fingerprint density at radius 2 is 2.28 bits per heavy atom. The van der Waals surface area contributed by atoms with E-state index in [2.05, 4.69) is 5.32 Å². The molecule has 0 spiro atoms. The van der Waals surface area contributed by atoms with Crippen molar-refractivity contribution in [3.63, 3.8) is 0 Å². The summed E-state index contributed by atoms with van der Waals surface area (Å²) < 4.78 is 10.5. The van der Waals surface area contributed by atoms with Crippen LogP contribution in [0.1, 0.15) is 12.0 Å². The van der Waals surface area contributed by atoms with E-state index in [-0.39, 0.29) is 18.1 Å². The molecule has 0 aromatic heterocycles. The van der Waals surface area contributed by atoms with Crippen LogP contribution >= 0.6 is 11.6 Å². The zero-order valence-electron chi connectivity index (χ0n) is 10.4. The Bertz CT molecular complexity index is 450. The molecule has 1 fully saturated rings. The van der Waals surface area contributed by atoms with E-state index in [4.69, 9.17) is 21.1 Å². The molecule has 1 aromatic carbocycles. The van der Waals surface area contributed by atoms with Gasteiger partial charge in [-0.1, -0.05) is 11.6 Å². The number of methoxy groups -OCH3 is 1. The van der Waals surface area contributed by atoms with E-state index in [0.29, 0.717) is 13.0 Å². The van der Waals surface area contributed by atoms with Crippen molar-refractivity contribution in [2.45, 2.75) is 25.5 Å². The fourth-order valence-corrected chi connectivity index (χ4v) is 2.12. The van der Waals surface area contributed by atoms with Gasteiger partial charge in [0.25, 0.3) is 0 Å². The minimum atomic E-state index is -0.270.